The van der Waals surface area contributed by atoms with E-state index in [9.17, 15) is 14.7 Å². The summed E-state index contributed by atoms with van der Waals surface area (Å²) in [7, 11) is 0. The van der Waals surface area contributed by atoms with Crippen molar-refractivity contribution in [1.29, 1.82) is 0 Å². The molecule has 0 saturated carbocycles. The molecule has 0 aliphatic heterocycles. The Balaban J connectivity index is 3.39. The fourth-order valence-corrected chi connectivity index (χ4v) is 9.63. The van der Waals surface area contributed by atoms with Crippen LogP contribution in [0.3, 0.4) is 0 Å². The Bertz CT molecular complexity index is 1690. The van der Waals surface area contributed by atoms with Gasteiger partial charge in [0.15, 0.2) is 0 Å². The van der Waals surface area contributed by atoms with Crippen molar-refractivity contribution in [2.45, 2.75) is 142 Å². The Morgan fingerprint density at radius 2 is 0.437 bits per heavy atom. The number of nitrogens with zero attached hydrogens (tertiary/aromatic N) is 3. The molecule has 612 valence electrons. The average Bonchev–Trinajstić information content (AvgIpc) is 0.820. The Morgan fingerprint density at radius 3 is 0.612 bits per heavy atom. The van der Waals surface area contributed by atoms with E-state index in [4.69, 9.17) is 114 Å². The minimum atomic E-state index is -1.40. The number of aliphatic carboxylic acids is 1. The van der Waals surface area contributed by atoms with Gasteiger partial charge in [-0.15, -0.1) is 0 Å². The molecular formula is C73H144N4O26. The van der Waals surface area contributed by atoms with Gasteiger partial charge >= 0.3 is 5.97 Å². The van der Waals surface area contributed by atoms with Gasteiger partial charge in [0.05, 0.1) is 304 Å². The summed E-state index contributed by atoms with van der Waals surface area (Å²) in [5.41, 5.74) is 6.79. The fourth-order valence-electron chi connectivity index (χ4n) is 9.63. The zero-order valence-corrected chi connectivity index (χ0v) is 64.1. The van der Waals surface area contributed by atoms with Crippen molar-refractivity contribution >= 4 is 11.9 Å². The van der Waals surface area contributed by atoms with E-state index in [1.54, 1.807) is 0 Å². The van der Waals surface area contributed by atoms with E-state index in [0.29, 0.717) is 317 Å². The number of hydrogen-bond donors (Lipinski definition) is 2. The molecule has 0 heterocycles. The first-order chi connectivity index (χ1) is 51.0. The Labute approximate surface area is 618 Å². The van der Waals surface area contributed by atoms with Crippen LogP contribution in [0.2, 0.25) is 0 Å². The molecule has 30 nitrogen and oxygen atoms in total. The zero-order chi connectivity index (χ0) is 74.1. The molecule has 0 atom stereocenters. The molecule has 0 rings (SSSR count). The number of carboxylic acids is 1. The first kappa shape index (κ1) is 100. The SMILES string of the molecule is CCCCCCCCCCCC(CCCCCCCCCCC)(C(=O)O)C(=O)NCCOCCOCCOCCOCCOCCOCCOCCOCCOCCOCCOCCOCCOCCOCCOCCOCCOCCOCCOCCOCCOCCOCCOCCN=[N+]=[N-]. The highest BCUT2D eigenvalue weighted by atomic mass is 16.6. The van der Waals surface area contributed by atoms with E-state index < -0.39 is 11.4 Å². The highest BCUT2D eigenvalue weighted by molar-refractivity contribution is 6.01. The van der Waals surface area contributed by atoms with Crippen molar-refractivity contribution in [3.63, 3.8) is 0 Å². The standard InChI is InChI=1S/C73H144N4O26/c1-3-5-7-9-11-13-15-17-19-21-73(72(79)80,22-20-18-16-14-12-10-8-6-4-2)71(78)75-23-25-81-27-29-83-31-33-85-35-37-87-39-41-89-43-45-91-47-49-93-51-53-95-55-57-97-59-61-99-63-65-101-67-69-103-70-68-102-66-64-100-62-60-98-58-56-96-54-52-94-50-48-92-46-44-90-42-40-88-38-36-86-34-32-84-30-28-82-26-24-76-77-74/h3-70H2,1-2H3,(H,75,78)(H,79,80). The molecule has 0 aromatic rings. The lowest BCUT2D eigenvalue weighted by Crippen LogP contribution is -2.47. The van der Waals surface area contributed by atoms with Crippen molar-refractivity contribution in [3.8, 4) is 0 Å². The van der Waals surface area contributed by atoms with E-state index in [-0.39, 0.29) is 19.1 Å². The Hall–Kier alpha value is -2.67. The van der Waals surface area contributed by atoms with E-state index >= 15 is 0 Å². The first-order valence-corrected chi connectivity index (χ1v) is 38.9. The van der Waals surface area contributed by atoms with Gasteiger partial charge in [0, 0.05) is 18.0 Å². The van der Waals surface area contributed by atoms with Gasteiger partial charge in [0.1, 0.15) is 5.41 Å². The summed E-state index contributed by atoms with van der Waals surface area (Å²) in [6.45, 7) is 26.2. The molecule has 1 amide bonds. The van der Waals surface area contributed by atoms with Crippen molar-refractivity contribution in [1.82, 2.24) is 5.32 Å². The van der Waals surface area contributed by atoms with Crippen LogP contribution in [0.5, 0.6) is 0 Å². The van der Waals surface area contributed by atoms with Crippen LogP contribution in [-0.2, 0) is 119 Å². The smallest absolute Gasteiger partial charge is 0.319 e. The molecule has 103 heavy (non-hydrogen) atoms. The molecule has 30 heteroatoms. The lowest BCUT2D eigenvalue weighted by molar-refractivity contribution is -0.157. The summed E-state index contributed by atoms with van der Waals surface area (Å²) < 4.78 is 127. The lowest BCUT2D eigenvalue weighted by atomic mass is 9.76. The number of carboxylic acid groups (broad SMARTS) is 1. The molecule has 0 aromatic heterocycles. The van der Waals surface area contributed by atoms with Crippen molar-refractivity contribution in [3.05, 3.63) is 10.4 Å². The van der Waals surface area contributed by atoms with Crippen LogP contribution in [0.25, 0.3) is 10.4 Å². The maximum absolute atomic E-state index is 13.6. The topological polar surface area (TPSA) is 327 Å². The van der Waals surface area contributed by atoms with Gasteiger partial charge in [-0.3, -0.25) is 9.59 Å². The number of ether oxygens (including phenoxy) is 23. The van der Waals surface area contributed by atoms with Crippen LogP contribution in [0.15, 0.2) is 5.11 Å². The molecule has 0 spiro atoms. The Kier molecular flexibility index (Phi) is 87.6. The molecule has 0 unspecified atom stereocenters. The first-order valence-electron chi connectivity index (χ1n) is 38.9. The van der Waals surface area contributed by atoms with Crippen LogP contribution in [0, 0.1) is 5.41 Å². The molecule has 0 aliphatic rings. The number of nitrogens with one attached hydrogen (secondary N) is 1. The van der Waals surface area contributed by atoms with Crippen LogP contribution in [0.4, 0.5) is 0 Å². The normalized spacial score (nSPS) is 11.7. The van der Waals surface area contributed by atoms with Crippen LogP contribution < -0.4 is 5.32 Å². The maximum atomic E-state index is 13.6. The van der Waals surface area contributed by atoms with Gasteiger partial charge in [-0.1, -0.05) is 135 Å². The molecule has 0 aromatic carbocycles. The summed E-state index contributed by atoms with van der Waals surface area (Å²) in [5, 5.41) is 16.7. The highest BCUT2D eigenvalue weighted by Crippen LogP contribution is 2.33. The third-order valence-corrected chi connectivity index (χ3v) is 15.4. The molecule has 0 aliphatic carbocycles. The summed E-state index contributed by atoms with van der Waals surface area (Å²) in [5.74, 6) is -1.39. The number of unbranched alkanes of at least 4 members (excludes halogenated alkanes) is 16. The van der Waals surface area contributed by atoms with E-state index in [1.807, 2.05) is 0 Å². The second-order valence-electron chi connectivity index (χ2n) is 23.8. The van der Waals surface area contributed by atoms with Crippen molar-refractivity contribution < 1.29 is 124 Å². The summed E-state index contributed by atoms with van der Waals surface area (Å²) in [6, 6.07) is 0. The minimum Gasteiger partial charge on any atom is -0.480 e. The number of rotatable bonds is 94. The number of amides is 1. The van der Waals surface area contributed by atoms with Gasteiger partial charge in [-0.2, -0.15) is 0 Å². The number of azide groups is 1. The van der Waals surface area contributed by atoms with Crippen LogP contribution >= 0.6 is 0 Å². The minimum absolute atomic E-state index is 0.257. The highest BCUT2D eigenvalue weighted by Gasteiger charge is 2.44. The second kappa shape index (κ2) is 89.9. The fraction of sp³-hybridized carbons (Fsp3) is 0.973. The molecule has 0 saturated heterocycles. The maximum Gasteiger partial charge on any atom is 0.319 e. The van der Waals surface area contributed by atoms with Gasteiger partial charge in [-0.05, 0) is 18.4 Å². The van der Waals surface area contributed by atoms with E-state index in [0.717, 1.165) is 38.5 Å². The van der Waals surface area contributed by atoms with Gasteiger partial charge in [-0.25, -0.2) is 0 Å². The molecule has 0 bridgehead atoms. The average molecular weight is 1490 g/mol. The second-order valence-corrected chi connectivity index (χ2v) is 23.8. The van der Waals surface area contributed by atoms with Gasteiger partial charge in [0.25, 0.3) is 0 Å². The predicted octanol–water partition coefficient (Wildman–Crippen LogP) is 8.71. The van der Waals surface area contributed by atoms with Gasteiger partial charge < -0.3 is 119 Å². The van der Waals surface area contributed by atoms with Crippen molar-refractivity contribution in [2.24, 2.45) is 10.5 Å². The van der Waals surface area contributed by atoms with E-state index in [2.05, 4.69) is 29.2 Å². The number of carbonyl (C=O) groups is 2. The number of hydrogen-bond acceptors (Lipinski definition) is 26. The third kappa shape index (κ3) is 80.2. The van der Waals surface area contributed by atoms with Crippen LogP contribution in [0.1, 0.15) is 142 Å². The monoisotopic (exact) mass is 1490 g/mol. The third-order valence-electron chi connectivity index (χ3n) is 15.4. The Morgan fingerprint density at radius 1 is 0.272 bits per heavy atom. The zero-order valence-electron chi connectivity index (χ0n) is 64.1. The lowest BCUT2D eigenvalue weighted by Gasteiger charge is -2.28. The van der Waals surface area contributed by atoms with E-state index in [1.165, 1.54) is 77.0 Å². The summed E-state index contributed by atoms with van der Waals surface area (Å²) in [4.78, 5) is 29.0. The molecule has 2 N–H and O–H groups in total. The summed E-state index contributed by atoms with van der Waals surface area (Å²) >= 11 is 0. The van der Waals surface area contributed by atoms with Crippen molar-refractivity contribution in [2.75, 3.05) is 317 Å². The quantitative estimate of drug-likeness (QED) is 0.0189. The molecule has 0 radical (unpaired) electrons. The largest absolute Gasteiger partial charge is 0.480 e. The molecule has 0 fully saturated rings. The van der Waals surface area contributed by atoms with Gasteiger partial charge in [0.2, 0.25) is 5.91 Å². The molecular weight excluding hydrogens is 1350 g/mol. The summed E-state index contributed by atoms with van der Waals surface area (Å²) in [6.07, 6.45) is 21.3. The predicted molar refractivity (Wildman–Crippen MR) is 390 cm³/mol. The van der Waals surface area contributed by atoms with Crippen LogP contribution in [-0.4, -0.2) is 334 Å². The number of carbonyl (C=O) groups excluding carboxylic acids is 1.